The second kappa shape index (κ2) is 7.00. The molecule has 0 aromatic carbocycles. The summed E-state index contributed by atoms with van der Waals surface area (Å²) in [5.41, 5.74) is 0. The molecule has 0 radical (unpaired) electrons. The lowest BCUT2D eigenvalue weighted by molar-refractivity contribution is 0.0881. The van der Waals surface area contributed by atoms with E-state index in [2.05, 4.69) is 12.2 Å². The van der Waals surface area contributed by atoms with E-state index in [4.69, 9.17) is 4.42 Å². The van der Waals surface area contributed by atoms with Crippen LogP contribution < -0.4 is 5.32 Å². The van der Waals surface area contributed by atoms with Crippen LogP contribution in [0.1, 0.15) is 62.4 Å². The van der Waals surface area contributed by atoms with Gasteiger partial charge in [0.2, 0.25) is 5.09 Å². The van der Waals surface area contributed by atoms with Crippen molar-refractivity contribution in [2.45, 2.75) is 63.0 Å². The van der Waals surface area contributed by atoms with E-state index in [1.807, 2.05) is 0 Å². The maximum absolute atomic E-state index is 12.6. The molecule has 3 fully saturated rings. The Kier molecular flexibility index (Phi) is 4.86. The lowest BCUT2D eigenvalue weighted by Gasteiger charge is -2.28. The average Bonchev–Trinajstić information content (AvgIpc) is 3.38. The molecule has 4 rings (SSSR count). The van der Waals surface area contributed by atoms with Gasteiger partial charge in [0.25, 0.3) is 15.9 Å². The summed E-state index contributed by atoms with van der Waals surface area (Å²) >= 11 is 0. The number of amides is 1. The number of nitrogens with one attached hydrogen (secondary N) is 1. The number of furan rings is 1. The first-order valence-electron chi connectivity index (χ1n) is 9.86. The van der Waals surface area contributed by atoms with Gasteiger partial charge in [-0.15, -0.1) is 0 Å². The Balaban J connectivity index is 1.41. The normalized spacial score (nSPS) is 30.4. The molecule has 0 spiro atoms. The van der Waals surface area contributed by atoms with Crippen LogP contribution >= 0.6 is 0 Å². The highest BCUT2D eigenvalue weighted by atomic mass is 32.2. The highest BCUT2D eigenvalue weighted by Crippen LogP contribution is 2.49. The van der Waals surface area contributed by atoms with Gasteiger partial charge in [0.15, 0.2) is 5.76 Å². The van der Waals surface area contributed by atoms with Crippen molar-refractivity contribution in [1.82, 2.24) is 9.62 Å². The summed E-state index contributed by atoms with van der Waals surface area (Å²) in [6.07, 6.45) is 7.89. The van der Waals surface area contributed by atoms with Gasteiger partial charge in [-0.1, -0.05) is 12.8 Å². The third kappa shape index (κ3) is 3.31. The fourth-order valence-corrected chi connectivity index (χ4v) is 6.53. The molecule has 1 aromatic rings. The minimum Gasteiger partial charge on any atom is -0.438 e. The molecule has 2 bridgehead atoms. The first kappa shape index (κ1) is 18.0. The van der Waals surface area contributed by atoms with Crippen molar-refractivity contribution in [2.75, 3.05) is 13.1 Å². The van der Waals surface area contributed by atoms with Crippen molar-refractivity contribution in [2.24, 2.45) is 17.8 Å². The van der Waals surface area contributed by atoms with E-state index in [-0.39, 0.29) is 22.8 Å². The topological polar surface area (TPSA) is 79.6 Å². The Bertz CT molecular complexity index is 766. The molecule has 144 valence electrons. The first-order chi connectivity index (χ1) is 12.4. The molecule has 4 atom stereocenters. The summed E-state index contributed by atoms with van der Waals surface area (Å²) in [5.74, 6) is 1.84. The minimum absolute atomic E-state index is 0.0793. The van der Waals surface area contributed by atoms with Crippen molar-refractivity contribution < 1.29 is 17.6 Å². The summed E-state index contributed by atoms with van der Waals surface area (Å²) in [5, 5.41) is 2.90. The molecule has 7 heteroatoms. The first-order valence-corrected chi connectivity index (χ1v) is 11.3. The zero-order valence-electron chi connectivity index (χ0n) is 15.3. The Labute approximate surface area is 155 Å². The zero-order chi connectivity index (χ0) is 18.3. The Morgan fingerprint density at radius 1 is 1.19 bits per heavy atom. The number of sulfonamides is 1. The number of carbonyl (C=O) groups is 1. The second-order valence-electron chi connectivity index (χ2n) is 8.18. The SMILES string of the molecule is CC(NC(=O)c1ccc(S(=O)(=O)N2CCCCC2)o1)C1CC2CCC1C2. The van der Waals surface area contributed by atoms with Crippen molar-refractivity contribution in [1.29, 1.82) is 0 Å². The number of nitrogens with zero attached hydrogens (tertiary/aromatic N) is 1. The highest BCUT2D eigenvalue weighted by Gasteiger charge is 2.42. The molecule has 2 saturated carbocycles. The van der Waals surface area contributed by atoms with E-state index < -0.39 is 10.0 Å². The van der Waals surface area contributed by atoms with E-state index in [0.717, 1.165) is 31.1 Å². The molecular weight excluding hydrogens is 352 g/mol. The van der Waals surface area contributed by atoms with E-state index >= 15 is 0 Å². The summed E-state index contributed by atoms with van der Waals surface area (Å²) < 4.78 is 32.2. The number of fused-ring (bicyclic) bond motifs is 2. The second-order valence-corrected chi connectivity index (χ2v) is 10.1. The van der Waals surface area contributed by atoms with E-state index in [1.54, 1.807) is 0 Å². The van der Waals surface area contributed by atoms with Gasteiger partial charge in [-0.3, -0.25) is 4.79 Å². The molecular formula is C19H28N2O4S. The predicted molar refractivity (Wildman–Crippen MR) is 97.2 cm³/mol. The van der Waals surface area contributed by atoms with Crippen LogP contribution in [0.25, 0.3) is 0 Å². The molecule has 1 saturated heterocycles. The van der Waals surface area contributed by atoms with Crippen LogP contribution in [0.5, 0.6) is 0 Å². The maximum atomic E-state index is 12.6. The lowest BCUT2D eigenvalue weighted by Crippen LogP contribution is -2.40. The molecule has 6 nitrogen and oxygen atoms in total. The van der Waals surface area contributed by atoms with Gasteiger partial charge in [0.05, 0.1) is 0 Å². The molecule has 1 amide bonds. The van der Waals surface area contributed by atoms with Gasteiger partial charge in [-0.05, 0) is 68.9 Å². The van der Waals surface area contributed by atoms with E-state index in [1.165, 1.54) is 42.1 Å². The fraction of sp³-hybridized carbons (Fsp3) is 0.737. The minimum atomic E-state index is -3.64. The highest BCUT2D eigenvalue weighted by molar-refractivity contribution is 7.89. The van der Waals surface area contributed by atoms with Crippen LogP contribution in [0.3, 0.4) is 0 Å². The predicted octanol–water partition coefficient (Wildman–Crippen LogP) is 3.01. The fourth-order valence-electron chi connectivity index (χ4n) is 5.10. The summed E-state index contributed by atoms with van der Waals surface area (Å²) in [7, 11) is -3.64. The van der Waals surface area contributed by atoms with Crippen LogP contribution in [-0.4, -0.2) is 37.8 Å². The molecule has 1 N–H and O–H groups in total. The summed E-state index contributed by atoms with van der Waals surface area (Å²) in [6, 6.07) is 2.96. The molecule has 1 aliphatic heterocycles. The van der Waals surface area contributed by atoms with Crippen molar-refractivity contribution in [3.63, 3.8) is 0 Å². The molecule has 4 unspecified atom stereocenters. The largest absolute Gasteiger partial charge is 0.438 e. The van der Waals surface area contributed by atoms with Gasteiger partial charge >= 0.3 is 0 Å². The number of carbonyl (C=O) groups excluding carboxylic acids is 1. The Morgan fingerprint density at radius 2 is 1.96 bits per heavy atom. The number of hydrogen-bond donors (Lipinski definition) is 1. The quantitative estimate of drug-likeness (QED) is 0.852. The van der Waals surface area contributed by atoms with Crippen LogP contribution in [0.4, 0.5) is 0 Å². The molecule has 2 heterocycles. The van der Waals surface area contributed by atoms with E-state index in [0.29, 0.717) is 19.0 Å². The number of hydrogen-bond acceptors (Lipinski definition) is 4. The Hall–Kier alpha value is -1.34. The molecule has 26 heavy (non-hydrogen) atoms. The number of piperidine rings is 1. The number of rotatable bonds is 5. The van der Waals surface area contributed by atoms with Crippen LogP contribution in [-0.2, 0) is 10.0 Å². The van der Waals surface area contributed by atoms with Crippen LogP contribution in [0, 0.1) is 17.8 Å². The van der Waals surface area contributed by atoms with Crippen molar-refractivity contribution in [3.05, 3.63) is 17.9 Å². The standard InChI is InChI=1S/C19H28N2O4S/c1-13(16-12-14-5-6-15(16)11-14)20-19(22)17-7-8-18(25-17)26(23,24)21-9-3-2-4-10-21/h7-8,13-16H,2-6,9-12H2,1H3,(H,20,22). The van der Waals surface area contributed by atoms with Crippen molar-refractivity contribution >= 4 is 15.9 Å². The molecule has 2 aliphatic carbocycles. The smallest absolute Gasteiger partial charge is 0.287 e. The van der Waals surface area contributed by atoms with Gasteiger partial charge in [0.1, 0.15) is 0 Å². The van der Waals surface area contributed by atoms with Gasteiger partial charge < -0.3 is 9.73 Å². The molecule has 1 aromatic heterocycles. The van der Waals surface area contributed by atoms with Gasteiger partial charge in [-0.25, -0.2) is 8.42 Å². The Morgan fingerprint density at radius 3 is 2.62 bits per heavy atom. The van der Waals surface area contributed by atoms with Gasteiger partial charge in [0, 0.05) is 19.1 Å². The zero-order valence-corrected chi connectivity index (χ0v) is 16.1. The summed E-state index contributed by atoms with van der Waals surface area (Å²) in [4.78, 5) is 12.5. The maximum Gasteiger partial charge on any atom is 0.287 e. The lowest BCUT2D eigenvalue weighted by atomic mass is 9.84. The third-order valence-corrected chi connectivity index (χ3v) is 8.28. The van der Waals surface area contributed by atoms with Crippen LogP contribution in [0.15, 0.2) is 21.6 Å². The van der Waals surface area contributed by atoms with Crippen LogP contribution in [0.2, 0.25) is 0 Å². The third-order valence-electron chi connectivity index (χ3n) is 6.51. The average molecular weight is 381 g/mol. The van der Waals surface area contributed by atoms with Gasteiger partial charge in [-0.2, -0.15) is 4.31 Å². The van der Waals surface area contributed by atoms with Crippen molar-refractivity contribution in [3.8, 4) is 0 Å². The molecule has 3 aliphatic rings. The monoisotopic (exact) mass is 380 g/mol. The van der Waals surface area contributed by atoms with E-state index in [9.17, 15) is 13.2 Å². The summed E-state index contributed by atoms with van der Waals surface area (Å²) in [6.45, 7) is 3.09.